The van der Waals surface area contributed by atoms with Crippen molar-refractivity contribution in [2.24, 2.45) is 11.8 Å². The van der Waals surface area contributed by atoms with Gasteiger partial charge in [-0.15, -0.1) is 0 Å². The van der Waals surface area contributed by atoms with E-state index < -0.39 is 0 Å². The van der Waals surface area contributed by atoms with Crippen molar-refractivity contribution >= 4 is 0 Å². The summed E-state index contributed by atoms with van der Waals surface area (Å²) in [5.74, 6) is 1.35. The molecule has 0 rings (SSSR count). The van der Waals surface area contributed by atoms with Gasteiger partial charge in [0.1, 0.15) is 6.10 Å². The summed E-state index contributed by atoms with van der Waals surface area (Å²) < 4.78 is 5.48. The van der Waals surface area contributed by atoms with E-state index in [-0.39, 0.29) is 6.10 Å². The second kappa shape index (κ2) is 10.1. The minimum atomic E-state index is 0.0133. The van der Waals surface area contributed by atoms with Gasteiger partial charge >= 0.3 is 0 Å². The van der Waals surface area contributed by atoms with Crippen molar-refractivity contribution in [2.75, 3.05) is 19.8 Å². The minimum absolute atomic E-state index is 0.0133. The maximum atomic E-state index is 5.48. The molecule has 1 atom stereocenters. The molecule has 0 aliphatic heterocycles. The van der Waals surface area contributed by atoms with Crippen LogP contribution in [0.4, 0.5) is 0 Å². The highest BCUT2D eigenvalue weighted by atomic mass is 17.2. The van der Waals surface area contributed by atoms with Gasteiger partial charge in [0.05, 0.1) is 13.2 Å². The van der Waals surface area contributed by atoms with Gasteiger partial charge in [0.2, 0.25) is 0 Å². The Morgan fingerprint density at radius 3 is 1.94 bits per heavy atom. The van der Waals surface area contributed by atoms with Gasteiger partial charge in [0.15, 0.2) is 0 Å². The van der Waals surface area contributed by atoms with Crippen LogP contribution in [0.3, 0.4) is 0 Å². The summed E-state index contributed by atoms with van der Waals surface area (Å²) >= 11 is 0. The molecule has 0 radical (unpaired) electrons. The average Bonchev–Trinajstić information content (AvgIpc) is 2.19. The van der Waals surface area contributed by atoms with Crippen molar-refractivity contribution in [3.63, 3.8) is 0 Å². The lowest BCUT2D eigenvalue weighted by atomic mass is 10.1. The second-order valence-corrected chi connectivity index (χ2v) is 5.17. The van der Waals surface area contributed by atoms with Gasteiger partial charge in [-0.2, -0.15) is 0 Å². The quantitative estimate of drug-likeness (QED) is 0.328. The van der Waals surface area contributed by atoms with Gasteiger partial charge < -0.3 is 4.74 Å². The largest absolute Gasteiger partial charge is 0.379 e. The van der Waals surface area contributed by atoms with E-state index in [0.29, 0.717) is 25.0 Å². The van der Waals surface area contributed by atoms with Crippen LogP contribution in [0.2, 0.25) is 0 Å². The van der Waals surface area contributed by atoms with Gasteiger partial charge in [-0.1, -0.05) is 27.7 Å². The van der Waals surface area contributed by atoms with Crippen LogP contribution >= 0.6 is 0 Å². The lowest BCUT2D eigenvalue weighted by Crippen LogP contribution is -2.17. The molecule has 0 aromatic heterocycles. The van der Waals surface area contributed by atoms with Crippen molar-refractivity contribution in [3.05, 3.63) is 0 Å². The fraction of sp³-hybridized carbons (Fsp3) is 1.00. The molecule has 0 aromatic rings. The molecular formula is C13H28O3. The highest BCUT2D eigenvalue weighted by Crippen LogP contribution is 2.02. The highest BCUT2D eigenvalue weighted by molar-refractivity contribution is 4.47. The zero-order valence-electron chi connectivity index (χ0n) is 11.5. The third-order valence-corrected chi connectivity index (χ3v) is 2.20. The van der Waals surface area contributed by atoms with Gasteiger partial charge in [-0.25, -0.2) is 9.78 Å². The zero-order chi connectivity index (χ0) is 12.4. The lowest BCUT2D eigenvalue weighted by Gasteiger charge is -2.13. The molecule has 0 amide bonds. The lowest BCUT2D eigenvalue weighted by molar-refractivity contribution is -0.327. The molecule has 0 spiro atoms. The maximum Gasteiger partial charge on any atom is 0.113 e. The molecule has 3 heteroatoms. The van der Waals surface area contributed by atoms with Crippen LogP contribution in [0.15, 0.2) is 0 Å². The molecule has 98 valence electrons. The summed E-state index contributed by atoms with van der Waals surface area (Å²) in [5, 5.41) is 0. The zero-order valence-corrected chi connectivity index (χ0v) is 11.5. The monoisotopic (exact) mass is 232 g/mol. The summed E-state index contributed by atoms with van der Waals surface area (Å²) in [6.45, 7) is 12.8. The van der Waals surface area contributed by atoms with Crippen LogP contribution in [0.25, 0.3) is 0 Å². The Kier molecular flexibility index (Phi) is 9.99. The van der Waals surface area contributed by atoms with Gasteiger partial charge in [0.25, 0.3) is 0 Å². The molecule has 0 heterocycles. The van der Waals surface area contributed by atoms with Crippen LogP contribution in [-0.2, 0) is 14.5 Å². The van der Waals surface area contributed by atoms with Crippen LogP contribution in [0.1, 0.15) is 47.5 Å². The summed E-state index contributed by atoms with van der Waals surface area (Å²) in [5.41, 5.74) is 0. The van der Waals surface area contributed by atoms with Crippen molar-refractivity contribution in [2.45, 2.75) is 53.6 Å². The Morgan fingerprint density at radius 2 is 1.38 bits per heavy atom. The molecule has 0 fully saturated rings. The Morgan fingerprint density at radius 1 is 0.812 bits per heavy atom. The topological polar surface area (TPSA) is 27.7 Å². The standard InChI is InChI=1S/C13H28O3/c1-11(2)6-8-14-10-13(5)16-15-9-7-12(3)4/h11-13H,6-10H2,1-5H3. The third kappa shape index (κ3) is 12.0. The first-order valence-electron chi connectivity index (χ1n) is 6.38. The first kappa shape index (κ1) is 15.9. The van der Waals surface area contributed by atoms with E-state index in [1.807, 2.05) is 6.92 Å². The van der Waals surface area contributed by atoms with E-state index in [1.165, 1.54) is 0 Å². The first-order chi connectivity index (χ1) is 7.52. The number of ether oxygens (including phenoxy) is 1. The summed E-state index contributed by atoms with van der Waals surface area (Å²) in [6.07, 6.45) is 2.14. The molecule has 1 unspecified atom stereocenters. The molecule has 0 aliphatic rings. The molecule has 0 N–H and O–H groups in total. The molecule has 0 aliphatic carbocycles. The van der Waals surface area contributed by atoms with Crippen molar-refractivity contribution in [3.8, 4) is 0 Å². The van der Waals surface area contributed by atoms with Crippen molar-refractivity contribution < 1.29 is 14.5 Å². The second-order valence-electron chi connectivity index (χ2n) is 5.17. The SMILES string of the molecule is CC(C)CCOCC(C)OOCCC(C)C. The summed E-state index contributed by atoms with van der Waals surface area (Å²) in [7, 11) is 0. The molecular weight excluding hydrogens is 204 g/mol. The van der Waals surface area contributed by atoms with Crippen LogP contribution < -0.4 is 0 Å². The van der Waals surface area contributed by atoms with Crippen LogP contribution in [-0.4, -0.2) is 25.9 Å². The maximum absolute atomic E-state index is 5.48. The van der Waals surface area contributed by atoms with Crippen LogP contribution in [0.5, 0.6) is 0 Å². The van der Waals surface area contributed by atoms with E-state index in [0.717, 1.165) is 19.4 Å². The fourth-order valence-corrected chi connectivity index (χ4v) is 1.04. The fourth-order valence-electron chi connectivity index (χ4n) is 1.04. The van der Waals surface area contributed by atoms with Gasteiger partial charge in [0, 0.05) is 6.61 Å². The molecule has 0 bridgehead atoms. The number of hydrogen-bond acceptors (Lipinski definition) is 3. The summed E-state index contributed by atoms with van der Waals surface area (Å²) in [4.78, 5) is 10.3. The highest BCUT2D eigenvalue weighted by Gasteiger charge is 2.04. The first-order valence-corrected chi connectivity index (χ1v) is 6.38. The Labute approximate surface area is 100 Å². The predicted octanol–water partition coefficient (Wildman–Crippen LogP) is 3.43. The number of hydrogen-bond donors (Lipinski definition) is 0. The van der Waals surface area contributed by atoms with E-state index in [4.69, 9.17) is 14.5 Å². The van der Waals surface area contributed by atoms with E-state index in [2.05, 4.69) is 27.7 Å². The molecule has 16 heavy (non-hydrogen) atoms. The van der Waals surface area contributed by atoms with E-state index >= 15 is 0 Å². The normalized spacial score (nSPS) is 13.7. The smallest absolute Gasteiger partial charge is 0.113 e. The third-order valence-electron chi connectivity index (χ3n) is 2.20. The van der Waals surface area contributed by atoms with Crippen molar-refractivity contribution in [1.29, 1.82) is 0 Å². The molecule has 0 saturated carbocycles. The minimum Gasteiger partial charge on any atom is -0.379 e. The van der Waals surface area contributed by atoms with E-state index in [1.54, 1.807) is 0 Å². The van der Waals surface area contributed by atoms with Gasteiger partial charge in [-0.05, 0) is 31.6 Å². The molecule has 0 saturated heterocycles. The average molecular weight is 232 g/mol. The van der Waals surface area contributed by atoms with Crippen LogP contribution in [0, 0.1) is 11.8 Å². The van der Waals surface area contributed by atoms with Gasteiger partial charge in [-0.3, -0.25) is 0 Å². The van der Waals surface area contributed by atoms with E-state index in [9.17, 15) is 0 Å². The summed E-state index contributed by atoms with van der Waals surface area (Å²) in [6, 6.07) is 0. The molecule has 0 aromatic carbocycles. The predicted molar refractivity (Wildman–Crippen MR) is 66.2 cm³/mol. The van der Waals surface area contributed by atoms with Crippen molar-refractivity contribution in [1.82, 2.24) is 0 Å². The molecule has 3 nitrogen and oxygen atoms in total. The Hall–Kier alpha value is -0.120. The Bertz CT molecular complexity index is 130. The Balaban J connectivity index is 3.21. The number of rotatable bonds is 10.